The molecule has 0 radical (unpaired) electrons. The lowest BCUT2D eigenvalue weighted by molar-refractivity contribution is -0.126. The number of carbonyl (C=O) groups is 1. The zero-order valence-electron chi connectivity index (χ0n) is 4.85. The van der Waals surface area contributed by atoms with E-state index in [1.165, 1.54) is 19.9 Å². The molecule has 0 aromatic carbocycles. The minimum Gasteiger partial charge on any atom is -0.471 e. The molecule has 5 nitrogen and oxygen atoms in total. The number of methoxy groups -OCH3 is 1. The number of hydrogen-bond acceptors (Lipinski definition) is 5. The van der Waals surface area contributed by atoms with Gasteiger partial charge in [-0.25, -0.2) is 0 Å². The van der Waals surface area contributed by atoms with Crippen molar-refractivity contribution in [1.82, 2.24) is 10.2 Å². The van der Waals surface area contributed by atoms with Crippen molar-refractivity contribution in [3.8, 4) is 0 Å². The average molecular weight is 130 g/mol. The molecular formula is C4H6N2O3. The van der Waals surface area contributed by atoms with Crippen LogP contribution in [0.2, 0.25) is 0 Å². The van der Waals surface area contributed by atoms with Gasteiger partial charge in [-0.1, -0.05) is 0 Å². The Bertz CT molecular complexity index is 111. The van der Waals surface area contributed by atoms with E-state index < -0.39 is 0 Å². The van der Waals surface area contributed by atoms with Gasteiger partial charge in [-0.05, 0) is 0 Å². The SMILES string of the molecule is COC=O.c1nnco1. The molecule has 0 unspecified atom stereocenters. The normalized spacial score (nSPS) is 6.78. The number of nitrogens with zero attached hydrogens (tertiary/aromatic N) is 2. The summed E-state index contributed by atoms with van der Waals surface area (Å²) in [5.41, 5.74) is 0. The maximum atomic E-state index is 8.95. The smallest absolute Gasteiger partial charge is 0.292 e. The highest BCUT2D eigenvalue weighted by Gasteiger charge is 1.60. The largest absolute Gasteiger partial charge is 0.471 e. The minimum absolute atomic E-state index is 0.375. The second kappa shape index (κ2) is 6.61. The van der Waals surface area contributed by atoms with Crippen molar-refractivity contribution in [2.24, 2.45) is 0 Å². The minimum atomic E-state index is 0.375. The molecule has 0 bridgehead atoms. The van der Waals surface area contributed by atoms with Gasteiger partial charge in [0, 0.05) is 0 Å². The van der Waals surface area contributed by atoms with Crippen LogP contribution in [-0.4, -0.2) is 23.8 Å². The van der Waals surface area contributed by atoms with Crippen molar-refractivity contribution in [2.75, 3.05) is 7.11 Å². The van der Waals surface area contributed by atoms with Gasteiger partial charge in [-0.2, -0.15) is 0 Å². The molecule has 1 heterocycles. The number of ether oxygens (including phenoxy) is 1. The van der Waals surface area contributed by atoms with Gasteiger partial charge in [0.05, 0.1) is 7.11 Å². The van der Waals surface area contributed by atoms with Crippen molar-refractivity contribution in [2.45, 2.75) is 0 Å². The van der Waals surface area contributed by atoms with Gasteiger partial charge < -0.3 is 9.15 Å². The lowest BCUT2D eigenvalue weighted by atomic mass is 11.5. The fourth-order valence-corrected chi connectivity index (χ4v) is 0.136. The second-order valence-electron chi connectivity index (χ2n) is 0.910. The van der Waals surface area contributed by atoms with Crippen LogP contribution in [-0.2, 0) is 9.53 Å². The van der Waals surface area contributed by atoms with Crippen molar-refractivity contribution < 1.29 is 13.9 Å². The van der Waals surface area contributed by atoms with E-state index in [9.17, 15) is 0 Å². The molecule has 0 saturated carbocycles. The third kappa shape index (κ3) is 6.61. The van der Waals surface area contributed by atoms with Gasteiger partial charge in [0.1, 0.15) is 0 Å². The number of aromatic nitrogens is 2. The number of hydrogen-bond donors (Lipinski definition) is 0. The van der Waals surface area contributed by atoms with Crippen LogP contribution in [0.1, 0.15) is 0 Å². The molecule has 1 aromatic heterocycles. The Morgan fingerprint density at radius 2 is 2.00 bits per heavy atom. The van der Waals surface area contributed by atoms with Crippen molar-refractivity contribution in [3.63, 3.8) is 0 Å². The van der Waals surface area contributed by atoms with E-state index in [0.717, 1.165) is 0 Å². The maximum Gasteiger partial charge on any atom is 0.292 e. The van der Waals surface area contributed by atoms with E-state index in [1.807, 2.05) is 0 Å². The standard InChI is InChI=1S/C2H2N2O.C2H4O2/c1-3-4-2-5-1;1-4-2-3/h1-2H;2H,1H3. The highest BCUT2D eigenvalue weighted by Crippen LogP contribution is 1.64. The van der Waals surface area contributed by atoms with Crippen LogP contribution in [0.5, 0.6) is 0 Å². The summed E-state index contributed by atoms with van der Waals surface area (Å²) in [4.78, 5) is 8.95. The first kappa shape index (κ1) is 7.61. The third-order valence-electron chi connectivity index (χ3n) is 0.379. The molecular weight excluding hydrogens is 124 g/mol. The fourth-order valence-electron chi connectivity index (χ4n) is 0.136. The monoisotopic (exact) mass is 130 g/mol. The van der Waals surface area contributed by atoms with Crippen LogP contribution in [0.3, 0.4) is 0 Å². The molecule has 0 N–H and O–H groups in total. The maximum absolute atomic E-state index is 8.95. The first-order chi connectivity index (χ1) is 4.41. The molecule has 0 aliphatic heterocycles. The zero-order chi connectivity index (χ0) is 6.95. The Balaban J connectivity index is 0.000000148. The second-order valence-corrected chi connectivity index (χ2v) is 0.910. The topological polar surface area (TPSA) is 65.2 Å². The summed E-state index contributed by atoms with van der Waals surface area (Å²) in [5.74, 6) is 0. The molecule has 0 aliphatic rings. The van der Waals surface area contributed by atoms with Crippen LogP contribution in [0, 0.1) is 0 Å². The summed E-state index contributed by atoms with van der Waals surface area (Å²) in [5, 5.41) is 6.61. The van der Waals surface area contributed by atoms with Gasteiger partial charge in [-0.3, -0.25) is 4.79 Å². The van der Waals surface area contributed by atoms with Gasteiger partial charge in [0.25, 0.3) is 6.47 Å². The van der Waals surface area contributed by atoms with E-state index in [0.29, 0.717) is 6.47 Å². The Kier molecular flexibility index (Phi) is 5.59. The van der Waals surface area contributed by atoms with Gasteiger partial charge >= 0.3 is 0 Å². The molecule has 0 saturated heterocycles. The first-order valence-electron chi connectivity index (χ1n) is 2.07. The molecule has 0 fully saturated rings. The van der Waals surface area contributed by atoms with E-state index in [2.05, 4.69) is 19.4 Å². The average Bonchev–Trinajstić information content (AvgIpc) is 2.43. The fraction of sp³-hybridized carbons (Fsp3) is 0.250. The molecule has 1 rings (SSSR count). The summed E-state index contributed by atoms with van der Waals surface area (Å²) in [6, 6.07) is 0. The van der Waals surface area contributed by atoms with E-state index >= 15 is 0 Å². The molecule has 5 heteroatoms. The van der Waals surface area contributed by atoms with Crippen LogP contribution in [0.15, 0.2) is 17.2 Å². The molecule has 0 aliphatic carbocycles. The van der Waals surface area contributed by atoms with Crippen LogP contribution < -0.4 is 0 Å². The Morgan fingerprint density at radius 1 is 1.56 bits per heavy atom. The quantitative estimate of drug-likeness (QED) is 0.495. The number of carbonyl (C=O) groups excluding carboxylic acids is 1. The van der Waals surface area contributed by atoms with Crippen LogP contribution >= 0.6 is 0 Å². The Morgan fingerprint density at radius 3 is 2.11 bits per heavy atom. The first-order valence-corrected chi connectivity index (χ1v) is 2.07. The number of rotatable bonds is 1. The molecule has 0 spiro atoms. The molecule has 9 heavy (non-hydrogen) atoms. The van der Waals surface area contributed by atoms with Gasteiger partial charge in [0.15, 0.2) is 0 Å². The van der Waals surface area contributed by atoms with Crippen LogP contribution in [0.25, 0.3) is 0 Å². The van der Waals surface area contributed by atoms with E-state index in [4.69, 9.17) is 4.79 Å². The van der Waals surface area contributed by atoms with Gasteiger partial charge in [0.2, 0.25) is 12.8 Å². The lowest BCUT2D eigenvalue weighted by Gasteiger charge is -1.67. The summed E-state index contributed by atoms with van der Waals surface area (Å²) in [6.45, 7) is 0.375. The van der Waals surface area contributed by atoms with Crippen LogP contribution in [0.4, 0.5) is 0 Å². The third-order valence-corrected chi connectivity index (χ3v) is 0.379. The van der Waals surface area contributed by atoms with Crippen molar-refractivity contribution in [3.05, 3.63) is 12.8 Å². The highest BCUT2D eigenvalue weighted by atomic mass is 16.5. The summed E-state index contributed by atoms with van der Waals surface area (Å²) < 4.78 is 8.22. The highest BCUT2D eigenvalue weighted by molar-refractivity contribution is 5.36. The Labute approximate surface area is 51.6 Å². The lowest BCUT2D eigenvalue weighted by Crippen LogP contribution is -1.68. The predicted octanol–water partition coefficient (Wildman–Crippen LogP) is -0.141. The summed E-state index contributed by atoms with van der Waals surface area (Å²) in [7, 11) is 1.31. The molecule has 50 valence electrons. The molecule has 0 amide bonds. The zero-order valence-corrected chi connectivity index (χ0v) is 4.85. The predicted molar refractivity (Wildman–Crippen MR) is 27.4 cm³/mol. The van der Waals surface area contributed by atoms with Crippen molar-refractivity contribution >= 4 is 6.47 Å². The summed E-state index contributed by atoms with van der Waals surface area (Å²) in [6.07, 6.45) is 2.53. The van der Waals surface area contributed by atoms with Crippen molar-refractivity contribution in [1.29, 1.82) is 0 Å². The molecule has 1 aromatic rings. The Hall–Kier alpha value is -1.39. The van der Waals surface area contributed by atoms with E-state index in [-0.39, 0.29) is 0 Å². The van der Waals surface area contributed by atoms with E-state index in [1.54, 1.807) is 0 Å². The molecule has 0 atom stereocenters. The summed E-state index contributed by atoms with van der Waals surface area (Å²) >= 11 is 0. The van der Waals surface area contributed by atoms with Gasteiger partial charge in [-0.15, -0.1) is 10.2 Å².